The molecule has 2 N–H and O–H groups in total. The van der Waals surface area contributed by atoms with Crippen molar-refractivity contribution in [1.29, 1.82) is 0 Å². The number of carbonyl (C=O) groups is 1. The van der Waals surface area contributed by atoms with Gasteiger partial charge >= 0.3 is 0 Å². The van der Waals surface area contributed by atoms with Crippen LogP contribution in [0.3, 0.4) is 0 Å². The van der Waals surface area contributed by atoms with Crippen molar-refractivity contribution in [3.63, 3.8) is 0 Å². The van der Waals surface area contributed by atoms with E-state index < -0.39 is 0 Å². The Morgan fingerprint density at radius 3 is 2.67 bits per heavy atom. The van der Waals surface area contributed by atoms with E-state index in [-0.39, 0.29) is 11.9 Å². The molecule has 1 aromatic heterocycles. The van der Waals surface area contributed by atoms with Gasteiger partial charge in [0.1, 0.15) is 0 Å². The largest absolute Gasteiger partial charge is 0.339 e. The molecule has 2 heterocycles. The molecule has 1 aliphatic heterocycles. The molecule has 0 unspecified atom stereocenters. The quantitative estimate of drug-likeness (QED) is 0.872. The van der Waals surface area contributed by atoms with Crippen LogP contribution in [0.1, 0.15) is 31.1 Å². The predicted molar refractivity (Wildman–Crippen MR) is 88.7 cm³/mol. The van der Waals surface area contributed by atoms with Crippen molar-refractivity contribution in [2.45, 2.75) is 38.8 Å². The number of unbranched alkanes of at least 4 members (excludes halogenated alkanes) is 1. The summed E-state index contributed by atoms with van der Waals surface area (Å²) in [5, 5.41) is 0. The molecule has 0 radical (unpaired) electrons. The van der Waals surface area contributed by atoms with Crippen LogP contribution in [0.25, 0.3) is 0 Å². The highest BCUT2D eigenvalue weighted by atomic mass is 35.5. The van der Waals surface area contributed by atoms with Crippen molar-refractivity contribution in [1.82, 2.24) is 9.80 Å². The molecule has 0 spiro atoms. The van der Waals surface area contributed by atoms with Crippen molar-refractivity contribution < 1.29 is 4.79 Å². The highest BCUT2D eigenvalue weighted by Gasteiger charge is 2.24. The second kappa shape index (κ2) is 8.13. The van der Waals surface area contributed by atoms with Crippen LogP contribution in [-0.2, 0) is 11.3 Å². The molecule has 1 amide bonds. The second-order valence-electron chi connectivity index (χ2n) is 5.56. The molecule has 6 heteroatoms. The number of hydrogen-bond acceptors (Lipinski definition) is 4. The summed E-state index contributed by atoms with van der Waals surface area (Å²) in [7, 11) is 0. The fraction of sp³-hybridized carbons (Fsp3) is 0.667. The summed E-state index contributed by atoms with van der Waals surface area (Å²) in [5.41, 5.74) is 5.98. The third kappa shape index (κ3) is 4.95. The molecule has 1 saturated heterocycles. The minimum atomic E-state index is -0.326. The number of amides is 1. The van der Waals surface area contributed by atoms with E-state index in [1.54, 1.807) is 11.3 Å². The molecule has 1 aromatic rings. The number of piperazine rings is 1. The van der Waals surface area contributed by atoms with Crippen molar-refractivity contribution in [3.8, 4) is 0 Å². The second-order valence-corrected chi connectivity index (χ2v) is 7.36. The van der Waals surface area contributed by atoms with Gasteiger partial charge in [-0.2, -0.15) is 0 Å². The van der Waals surface area contributed by atoms with Crippen LogP contribution in [0.2, 0.25) is 4.34 Å². The first kappa shape index (κ1) is 16.7. The number of halogens is 1. The van der Waals surface area contributed by atoms with Crippen molar-refractivity contribution in [2.24, 2.45) is 5.73 Å². The predicted octanol–water partition coefficient (Wildman–Crippen LogP) is 2.56. The number of rotatable bonds is 6. The average molecular weight is 330 g/mol. The maximum atomic E-state index is 12.2. The smallest absolute Gasteiger partial charge is 0.239 e. The SMILES string of the molecule is CCCC[C@H](N)C(=O)N1CCN(Cc2ccc(Cl)s2)CC1. The topological polar surface area (TPSA) is 49.6 Å². The number of nitrogens with zero attached hydrogens (tertiary/aromatic N) is 2. The van der Waals surface area contributed by atoms with Crippen LogP contribution in [0.4, 0.5) is 0 Å². The standard InChI is InChI=1S/C15H24ClN3OS/c1-2-3-4-13(17)15(20)19-9-7-18(8-10-19)11-12-5-6-14(16)21-12/h5-6,13H,2-4,7-11,17H2,1H3/t13-/m0/s1. The van der Waals surface area contributed by atoms with Crippen molar-refractivity contribution in [3.05, 3.63) is 21.3 Å². The Morgan fingerprint density at radius 2 is 2.10 bits per heavy atom. The molecule has 1 aliphatic rings. The fourth-order valence-corrected chi connectivity index (χ4v) is 3.70. The monoisotopic (exact) mass is 329 g/mol. The lowest BCUT2D eigenvalue weighted by Gasteiger charge is -2.35. The third-order valence-electron chi connectivity index (χ3n) is 3.88. The van der Waals surface area contributed by atoms with E-state index in [1.807, 2.05) is 11.0 Å². The summed E-state index contributed by atoms with van der Waals surface area (Å²) in [6.45, 7) is 6.40. The van der Waals surface area contributed by atoms with Crippen LogP contribution >= 0.6 is 22.9 Å². The summed E-state index contributed by atoms with van der Waals surface area (Å²) in [6.07, 6.45) is 2.90. The molecule has 21 heavy (non-hydrogen) atoms. The van der Waals surface area contributed by atoms with E-state index in [2.05, 4.69) is 17.9 Å². The molecule has 0 aromatic carbocycles. The maximum Gasteiger partial charge on any atom is 0.239 e. The molecule has 0 saturated carbocycles. The zero-order valence-electron chi connectivity index (χ0n) is 12.6. The van der Waals surface area contributed by atoms with Gasteiger partial charge in [-0.05, 0) is 18.6 Å². The van der Waals surface area contributed by atoms with Crippen LogP contribution in [0, 0.1) is 0 Å². The molecular weight excluding hydrogens is 306 g/mol. The Balaban J connectivity index is 1.76. The highest BCUT2D eigenvalue weighted by molar-refractivity contribution is 7.16. The molecule has 1 fully saturated rings. The van der Waals surface area contributed by atoms with Crippen LogP contribution < -0.4 is 5.73 Å². The van der Waals surface area contributed by atoms with E-state index >= 15 is 0 Å². The van der Waals surface area contributed by atoms with Crippen molar-refractivity contribution >= 4 is 28.8 Å². The summed E-state index contributed by atoms with van der Waals surface area (Å²) in [5.74, 6) is 0.113. The molecular formula is C15H24ClN3OS. The molecule has 0 aliphatic carbocycles. The summed E-state index contributed by atoms with van der Waals surface area (Å²) in [4.78, 5) is 17.8. The van der Waals surface area contributed by atoms with E-state index in [9.17, 15) is 4.79 Å². The zero-order chi connectivity index (χ0) is 15.2. The fourth-order valence-electron chi connectivity index (χ4n) is 2.57. The van der Waals surface area contributed by atoms with Gasteiger partial charge < -0.3 is 10.6 Å². The van der Waals surface area contributed by atoms with Gasteiger partial charge in [-0.3, -0.25) is 9.69 Å². The van der Waals surface area contributed by atoms with Crippen LogP contribution in [-0.4, -0.2) is 47.9 Å². The zero-order valence-corrected chi connectivity index (χ0v) is 14.1. The van der Waals surface area contributed by atoms with Gasteiger partial charge in [0.25, 0.3) is 0 Å². The number of carbonyl (C=O) groups excluding carboxylic acids is 1. The van der Waals surface area contributed by atoms with Gasteiger partial charge in [-0.15, -0.1) is 11.3 Å². The lowest BCUT2D eigenvalue weighted by molar-refractivity contribution is -0.134. The van der Waals surface area contributed by atoms with Crippen LogP contribution in [0.15, 0.2) is 12.1 Å². The molecule has 2 rings (SSSR count). The Bertz CT molecular complexity index is 458. The van der Waals surface area contributed by atoms with E-state index in [0.29, 0.717) is 0 Å². The molecule has 4 nitrogen and oxygen atoms in total. The first-order valence-electron chi connectivity index (χ1n) is 7.61. The highest BCUT2D eigenvalue weighted by Crippen LogP contribution is 2.23. The number of nitrogens with two attached hydrogens (primary N) is 1. The first-order chi connectivity index (χ1) is 10.1. The van der Waals surface area contributed by atoms with E-state index in [0.717, 1.165) is 56.3 Å². The van der Waals surface area contributed by atoms with Gasteiger partial charge in [-0.1, -0.05) is 31.4 Å². The minimum absolute atomic E-state index is 0.113. The summed E-state index contributed by atoms with van der Waals surface area (Å²) >= 11 is 7.58. The molecule has 0 bridgehead atoms. The number of hydrogen-bond donors (Lipinski definition) is 1. The lowest BCUT2D eigenvalue weighted by atomic mass is 10.1. The summed E-state index contributed by atoms with van der Waals surface area (Å²) < 4.78 is 0.834. The van der Waals surface area contributed by atoms with Crippen LogP contribution in [0.5, 0.6) is 0 Å². The normalized spacial score (nSPS) is 18.0. The van der Waals surface area contributed by atoms with Gasteiger partial charge in [0, 0.05) is 37.6 Å². The van der Waals surface area contributed by atoms with Gasteiger partial charge in [0.05, 0.1) is 10.4 Å². The molecule has 118 valence electrons. The van der Waals surface area contributed by atoms with Gasteiger partial charge in [-0.25, -0.2) is 0 Å². The first-order valence-corrected chi connectivity index (χ1v) is 8.80. The van der Waals surface area contributed by atoms with Crippen molar-refractivity contribution in [2.75, 3.05) is 26.2 Å². The van der Waals surface area contributed by atoms with Gasteiger partial charge in [0.2, 0.25) is 5.91 Å². The Morgan fingerprint density at radius 1 is 1.38 bits per heavy atom. The Labute approximate surface area is 135 Å². The maximum absolute atomic E-state index is 12.2. The average Bonchev–Trinajstić information content (AvgIpc) is 2.90. The third-order valence-corrected chi connectivity index (χ3v) is 5.09. The van der Waals surface area contributed by atoms with E-state index in [1.165, 1.54) is 4.88 Å². The summed E-state index contributed by atoms with van der Waals surface area (Å²) in [6, 6.07) is 3.69. The Hall–Kier alpha value is -0.620. The van der Waals surface area contributed by atoms with E-state index in [4.69, 9.17) is 17.3 Å². The lowest BCUT2D eigenvalue weighted by Crippen LogP contribution is -2.52. The number of thiophene rings is 1. The Kier molecular flexibility index (Phi) is 6.48. The minimum Gasteiger partial charge on any atom is -0.339 e. The van der Waals surface area contributed by atoms with Gasteiger partial charge in [0.15, 0.2) is 0 Å². The molecule has 1 atom stereocenters.